The standard InChI is InChI=1S/C21H25N3O5S/c1-15-9-11-17(12-10-15)30(28,29)24-14-21(2,3)20(26)23(19(24)18(25)22-27)13-16-7-5-4-6-8-16/h4-12,19,27H,13-14H2,1-3H3,(H,22,25). The van der Waals surface area contributed by atoms with Gasteiger partial charge in [0.1, 0.15) is 0 Å². The molecule has 1 unspecified atom stereocenters. The summed E-state index contributed by atoms with van der Waals surface area (Å²) in [6.45, 7) is 4.92. The van der Waals surface area contributed by atoms with E-state index in [1.54, 1.807) is 50.2 Å². The predicted octanol–water partition coefficient (Wildman–Crippen LogP) is 1.89. The van der Waals surface area contributed by atoms with Crippen LogP contribution in [-0.2, 0) is 26.2 Å². The van der Waals surface area contributed by atoms with Gasteiger partial charge in [-0.15, -0.1) is 0 Å². The van der Waals surface area contributed by atoms with Crippen LogP contribution in [0.1, 0.15) is 25.0 Å². The van der Waals surface area contributed by atoms with E-state index in [0.29, 0.717) is 0 Å². The third-order valence-electron chi connectivity index (χ3n) is 5.13. The zero-order valence-electron chi connectivity index (χ0n) is 17.1. The van der Waals surface area contributed by atoms with Crippen LogP contribution in [0.3, 0.4) is 0 Å². The molecule has 160 valence electrons. The second kappa shape index (κ2) is 8.17. The molecule has 1 fully saturated rings. The largest absolute Gasteiger partial charge is 0.313 e. The molecule has 1 aliphatic heterocycles. The zero-order valence-corrected chi connectivity index (χ0v) is 17.9. The van der Waals surface area contributed by atoms with Crippen LogP contribution < -0.4 is 5.48 Å². The highest BCUT2D eigenvalue weighted by atomic mass is 32.2. The Hall–Kier alpha value is -2.75. The van der Waals surface area contributed by atoms with Gasteiger partial charge in [0.05, 0.1) is 10.3 Å². The minimum atomic E-state index is -4.14. The van der Waals surface area contributed by atoms with Gasteiger partial charge in [-0.3, -0.25) is 14.8 Å². The summed E-state index contributed by atoms with van der Waals surface area (Å²) in [6.07, 6.45) is -1.53. The summed E-state index contributed by atoms with van der Waals surface area (Å²) in [4.78, 5) is 27.0. The van der Waals surface area contributed by atoms with Crippen LogP contribution in [0.2, 0.25) is 0 Å². The molecule has 1 saturated heterocycles. The first-order chi connectivity index (χ1) is 14.1. The molecule has 2 aromatic rings. The van der Waals surface area contributed by atoms with Gasteiger partial charge in [-0.1, -0.05) is 48.0 Å². The number of nitrogens with one attached hydrogen (secondary N) is 1. The second-order valence-corrected chi connectivity index (χ2v) is 9.91. The molecule has 9 heteroatoms. The first-order valence-corrected chi connectivity index (χ1v) is 10.9. The Morgan fingerprint density at radius 3 is 2.30 bits per heavy atom. The number of rotatable bonds is 5. The molecule has 1 atom stereocenters. The molecule has 3 rings (SSSR count). The van der Waals surface area contributed by atoms with Crippen LogP contribution in [0.5, 0.6) is 0 Å². The van der Waals surface area contributed by atoms with Crippen molar-refractivity contribution in [3.63, 3.8) is 0 Å². The van der Waals surface area contributed by atoms with Gasteiger partial charge in [0.15, 0.2) is 6.17 Å². The quantitative estimate of drug-likeness (QED) is 0.555. The molecule has 0 bridgehead atoms. The number of aryl methyl sites for hydroxylation is 1. The van der Waals surface area contributed by atoms with Crippen molar-refractivity contribution in [2.75, 3.05) is 6.54 Å². The lowest BCUT2D eigenvalue weighted by Crippen LogP contribution is -2.68. The van der Waals surface area contributed by atoms with Gasteiger partial charge in [-0.25, -0.2) is 13.9 Å². The Morgan fingerprint density at radius 1 is 1.13 bits per heavy atom. The highest BCUT2D eigenvalue weighted by Crippen LogP contribution is 2.34. The molecular formula is C21H25N3O5S. The topological polar surface area (TPSA) is 107 Å². The van der Waals surface area contributed by atoms with E-state index < -0.39 is 27.5 Å². The van der Waals surface area contributed by atoms with Crippen molar-refractivity contribution in [2.24, 2.45) is 5.41 Å². The summed E-state index contributed by atoms with van der Waals surface area (Å²) in [5, 5.41) is 9.32. The number of hydroxylamine groups is 1. The van der Waals surface area contributed by atoms with E-state index in [1.807, 2.05) is 13.0 Å². The Kier molecular flexibility index (Phi) is 5.98. The van der Waals surface area contributed by atoms with Crippen molar-refractivity contribution in [2.45, 2.75) is 38.4 Å². The fourth-order valence-corrected chi connectivity index (χ4v) is 5.25. The SMILES string of the molecule is Cc1ccc(S(=O)(=O)N2CC(C)(C)C(=O)N(Cc3ccccc3)C2C(=O)NO)cc1. The highest BCUT2D eigenvalue weighted by Gasteiger charge is 2.52. The number of carbonyl (C=O) groups is 2. The summed E-state index contributed by atoms with van der Waals surface area (Å²) < 4.78 is 27.9. The summed E-state index contributed by atoms with van der Waals surface area (Å²) in [6, 6.07) is 15.2. The molecule has 0 saturated carbocycles. The number of amides is 2. The minimum absolute atomic E-state index is 0.00801. The van der Waals surface area contributed by atoms with E-state index in [2.05, 4.69) is 0 Å². The lowest BCUT2D eigenvalue weighted by atomic mass is 9.88. The van der Waals surface area contributed by atoms with Gasteiger partial charge < -0.3 is 4.90 Å². The Labute approximate surface area is 176 Å². The van der Waals surface area contributed by atoms with Crippen LogP contribution in [0, 0.1) is 12.3 Å². The predicted molar refractivity (Wildman–Crippen MR) is 110 cm³/mol. The Bertz CT molecular complexity index is 1040. The van der Waals surface area contributed by atoms with Crippen molar-refractivity contribution >= 4 is 21.8 Å². The maximum Gasteiger partial charge on any atom is 0.282 e. The number of hydrogen-bond donors (Lipinski definition) is 2. The van der Waals surface area contributed by atoms with Gasteiger partial charge in [0, 0.05) is 13.1 Å². The molecular weight excluding hydrogens is 406 g/mol. The van der Waals surface area contributed by atoms with Gasteiger partial charge in [-0.05, 0) is 38.5 Å². The lowest BCUT2D eigenvalue weighted by Gasteiger charge is -2.47. The van der Waals surface area contributed by atoms with Gasteiger partial charge >= 0.3 is 0 Å². The van der Waals surface area contributed by atoms with Crippen LogP contribution in [0.15, 0.2) is 59.5 Å². The van der Waals surface area contributed by atoms with Crippen LogP contribution in [0.25, 0.3) is 0 Å². The molecule has 1 aliphatic rings. The Balaban J connectivity index is 2.11. The number of sulfonamides is 1. The average molecular weight is 432 g/mol. The average Bonchev–Trinajstić information content (AvgIpc) is 2.71. The van der Waals surface area contributed by atoms with Crippen molar-refractivity contribution in [3.05, 3.63) is 65.7 Å². The second-order valence-electron chi connectivity index (χ2n) is 8.02. The van der Waals surface area contributed by atoms with E-state index >= 15 is 0 Å². The molecule has 8 nitrogen and oxygen atoms in total. The fourth-order valence-electron chi connectivity index (χ4n) is 3.53. The molecule has 30 heavy (non-hydrogen) atoms. The van der Waals surface area contributed by atoms with Crippen molar-refractivity contribution in [3.8, 4) is 0 Å². The highest BCUT2D eigenvalue weighted by molar-refractivity contribution is 7.89. The number of carbonyl (C=O) groups excluding carboxylic acids is 2. The lowest BCUT2D eigenvalue weighted by molar-refractivity contribution is -0.164. The van der Waals surface area contributed by atoms with E-state index in [9.17, 15) is 23.2 Å². The first kappa shape index (κ1) is 21.9. The zero-order chi connectivity index (χ0) is 22.1. The maximum absolute atomic E-state index is 13.4. The smallest absolute Gasteiger partial charge is 0.282 e. The van der Waals surface area contributed by atoms with Crippen LogP contribution in [0.4, 0.5) is 0 Å². The minimum Gasteiger partial charge on any atom is -0.313 e. The first-order valence-electron chi connectivity index (χ1n) is 9.45. The number of benzene rings is 2. The third kappa shape index (κ3) is 4.09. The van der Waals surface area contributed by atoms with Crippen molar-refractivity contribution < 1.29 is 23.2 Å². The molecule has 0 radical (unpaired) electrons. The summed E-state index contributed by atoms with van der Waals surface area (Å²) in [5.41, 5.74) is 2.07. The van der Waals surface area contributed by atoms with Crippen LogP contribution in [-0.4, -0.2) is 47.4 Å². The van der Waals surface area contributed by atoms with Crippen molar-refractivity contribution in [1.29, 1.82) is 0 Å². The fraction of sp³-hybridized carbons (Fsp3) is 0.333. The van der Waals surface area contributed by atoms with Gasteiger partial charge in [-0.2, -0.15) is 4.31 Å². The molecule has 2 aromatic carbocycles. The summed E-state index contributed by atoms with van der Waals surface area (Å²) >= 11 is 0. The molecule has 1 heterocycles. The van der Waals surface area contributed by atoms with E-state index in [1.165, 1.54) is 22.5 Å². The monoisotopic (exact) mass is 431 g/mol. The number of nitrogens with zero attached hydrogens (tertiary/aromatic N) is 2. The van der Waals surface area contributed by atoms with Crippen LogP contribution >= 0.6 is 0 Å². The van der Waals surface area contributed by atoms with Crippen molar-refractivity contribution in [1.82, 2.24) is 14.7 Å². The molecule has 0 aromatic heterocycles. The van der Waals surface area contributed by atoms with Gasteiger partial charge in [0.25, 0.3) is 5.91 Å². The third-order valence-corrected chi connectivity index (χ3v) is 6.94. The summed E-state index contributed by atoms with van der Waals surface area (Å²) in [7, 11) is -4.14. The van der Waals surface area contributed by atoms with E-state index in [0.717, 1.165) is 15.4 Å². The summed E-state index contributed by atoms with van der Waals surface area (Å²) in [5.74, 6) is -1.37. The molecule has 2 amide bonds. The Morgan fingerprint density at radius 2 is 1.73 bits per heavy atom. The normalized spacial score (nSPS) is 19.5. The molecule has 0 aliphatic carbocycles. The van der Waals surface area contributed by atoms with E-state index in [-0.39, 0.29) is 23.9 Å². The molecule has 0 spiro atoms. The maximum atomic E-state index is 13.4. The van der Waals surface area contributed by atoms with E-state index in [4.69, 9.17) is 0 Å². The molecule has 2 N–H and O–H groups in total. The van der Waals surface area contributed by atoms with Gasteiger partial charge in [0.2, 0.25) is 15.9 Å². The number of hydrogen-bond acceptors (Lipinski definition) is 5.